The van der Waals surface area contributed by atoms with E-state index in [1.807, 2.05) is 51.1 Å². The van der Waals surface area contributed by atoms with Gasteiger partial charge in [0, 0.05) is 45.8 Å². The van der Waals surface area contributed by atoms with E-state index < -0.39 is 17.4 Å². The molecule has 2 aromatic carbocycles. The number of ether oxygens (including phenoxy) is 1. The van der Waals surface area contributed by atoms with Gasteiger partial charge in [-0.05, 0) is 62.4 Å². The standard InChI is InChI=1S/C30H36ClFN4O3/c1-4-35(28(37)27-25(31)8-7-9-26(27)32)21-24-12-10-23(11-13-24)20-34-16-18-36(19-17-34)30(14-5-6-15-33-30)29(38)39-22(2)3/h5-15,22,33H,4,16-21H2,1-3H3. The number of rotatable bonds is 9. The number of esters is 1. The number of carbonyl (C=O) groups excluding carboxylic acids is 2. The number of nitrogens with one attached hydrogen (secondary N) is 1. The summed E-state index contributed by atoms with van der Waals surface area (Å²) < 4.78 is 19.9. The highest BCUT2D eigenvalue weighted by Crippen LogP contribution is 2.24. The molecular formula is C30H36ClFN4O3. The van der Waals surface area contributed by atoms with Crippen molar-refractivity contribution >= 4 is 23.5 Å². The van der Waals surface area contributed by atoms with Crippen LogP contribution in [0.1, 0.15) is 42.3 Å². The predicted octanol–water partition coefficient (Wildman–Crippen LogP) is 4.58. The van der Waals surface area contributed by atoms with Gasteiger partial charge in [0.05, 0.1) is 16.7 Å². The number of hydrogen-bond acceptors (Lipinski definition) is 6. The monoisotopic (exact) mass is 554 g/mol. The van der Waals surface area contributed by atoms with Crippen LogP contribution in [0.15, 0.2) is 66.9 Å². The van der Waals surface area contributed by atoms with Gasteiger partial charge in [-0.1, -0.05) is 48.0 Å². The van der Waals surface area contributed by atoms with Gasteiger partial charge in [-0.25, -0.2) is 9.18 Å². The lowest BCUT2D eigenvalue weighted by molar-refractivity contribution is -0.162. The first-order chi connectivity index (χ1) is 18.7. The molecule has 4 rings (SSSR count). The average molecular weight is 555 g/mol. The Balaban J connectivity index is 1.34. The van der Waals surface area contributed by atoms with Crippen molar-refractivity contribution in [3.05, 3.63) is 94.4 Å². The summed E-state index contributed by atoms with van der Waals surface area (Å²) >= 11 is 6.11. The van der Waals surface area contributed by atoms with Gasteiger partial charge in [-0.15, -0.1) is 0 Å². The number of nitrogens with zero attached hydrogens (tertiary/aromatic N) is 3. The number of piperazine rings is 1. The summed E-state index contributed by atoms with van der Waals surface area (Å²) in [6, 6.07) is 12.4. The second-order valence-electron chi connectivity index (χ2n) is 10.1. The average Bonchev–Trinajstić information content (AvgIpc) is 2.93. The largest absolute Gasteiger partial charge is 0.460 e. The SMILES string of the molecule is CCN(Cc1ccc(CN2CCN(C3(C(=O)OC(C)C)C=CC=CN3)CC2)cc1)C(=O)c1c(F)cccc1Cl. The van der Waals surface area contributed by atoms with E-state index in [0.29, 0.717) is 26.2 Å². The third kappa shape index (κ3) is 6.69. The van der Waals surface area contributed by atoms with E-state index in [9.17, 15) is 14.0 Å². The van der Waals surface area contributed by atoms with Crippen molar-refractivity contribution in [3.8, 4) is 0 Å². The molecular weight excluding hydrogens is 519 g/mol. The van der Waals surface area contributed by atoms with E-state index in [0.717, 1.165) is 30.8 Å². The van der Waals surface area contributed by atoms with Crippen LogP contribution < -0.4 is 5.32 Å². The Morgan fingerprint density at radius 2 is 1.77 bits per heavy atom. The van der Waals surface area contributed by atoms with Gasteiger partial charge in [0.1, 0.15) is 5.82 Å². The van der Waals surface area contributed by atoms with Gasteiger partial charge in [0.2, 0.25) is 5.66 Å². The van der Waals surface area contributed by atoms with Gasteiger partial charge < -0.3 is 15.0 Å². The number of hydrogen-bond donors (Lipinski definition) is 1. The summed E-state index contributed by atoms with van der Waals surface area (Å²) in [6.45, 7) is 10.2. The van der Waals surface area contributed by atoms with Gasteiger partial charge in [-0.3, -0.25) is 14.6 Å². The van der Waals surface area contributed by atoms with Gasteiger partial charge in [-0.2, -0.15) is 0 Å². The molecule has 0 aliphatic carbocycles. The molecule has 208 valence electrons. The second-order valence-corrected chi connectivity index (χ2v) is 10.5. The van der Waals surface area contributed by atoms with Crippen LogP contribution in [0.2, 0.25) is 5.02 Å². The zero-order valence-electron chi connectivity index (χ0n) is 22.7. The van der Waals surface area contributed by atoms with Crippen LogP contribution in [0.25, 0.3) is 0 Å². The summed E-state index contributed by atoms with van der Waals surface area (Å²) in [4.78, 5) is 32.1. The zero-order valence-corrected chi connectivity index (χ0v) is 23.5. The summed E-state index contributed by atoms with van der Waals surface area (Å²) in [6.07, 6.45) is 7.21. The van der Waals surface area contributed by atoms with Crippen molar-refractivity contribution in [1.82, 2.24) is 20.0 Å². The van der Waals surface area contributed by atoms with E-state index in [-0.39, 0.29) is 22.7 Å². The fraction of sp³-hybridized carbons (Fsp3) is 0.400. The minimum absolute atomic E-state index is 0.0917. The molecule has 7 nitrogen and oxygen atoms in total. The highest BCUT2D eigenvalue weighted by atomic mass is 35.5. The van der Waals surface area contributed by atoms with E-state index in [2.05, 4.69) is 27.2 Å². The van der Waals surface area contributed by atoms with Crippen LogP contribution in [-0.4, -0.2) is 71.1 Å². The Morgan fingerprint density at radius 1 is 1.08 bits per heavy atom. The van der Waals surface area contributed by atoms with E-state index in [4.69, 9.17) is 16.3 Å². The fourth-order valence-electron chi connectivity index (χ4n) is 4.91. The van der Waals surface area contributed by atoms with E-state index in [1.54, 1.807) is 11.1 Å². The minimum Gasteiger partial charge on any atom is -0.460 e. The van der Waals surface area contributed by atoms with Crippen LogP contribution in [0.3, 0.4) is 0 Å². The van der Waals surface area contributed by atoms with Crippen molar-refractivity contribution in [2.75, 3.05) is 32.7 Å². The molecule has 0 aromatic heterocycles. The quantitative estimate of drug-likeness (QED) is 0.458. The molecule has 1 atom stereocenters. The second kappa shape index (κ2) is 12.8. The number of halogens is 2. The van der Waals surface area contributed by atoms with Crippen molar-refractivity contribution in [2.45, 2.75) is 45.6 Å². The Labute approximate surface area is 234 Å². The number of allylic oxidation sites excluding steroid dienone is 2. The zero-order chi connectivity index (χ0) is 28.0. The maximum atomic E-state index is 14.3. The Bertz CT molecular complexity index is 1200. The Hall–Kier alpha value is -3.20. The van der Waals surface area contributed by atoms with Gasteiger partial charge in [0.15, 0.2) is 0 Å². The molecule has 1 amide bonds. The Morgan fingerprint density at radius 3 is 2.36 bits per heavy atom. The topological polar surface area (TPSA) is 65.1 Å². The predicted molar refractivity (Wildman–Crippen MR) is 150 cm³/mol. The summed E-state index contributed by atoms with van der Waals surface area (Å²) in [7, 11) is 0. The molecule has 1 fully saturated rings. The number of amides is 1. The Kier molecular flexibility index (Phi) is 9.43. The molecule has 1 saturated heterocycles. The van der Waals surface area contributed by atoms with E-state index >= 15 is 0 Å². The highest BCUT2D eigenvalue weighted by molar-refractivity contribution is 6.33. The van der Waals surface area contributed by atoms with Gasteiger partial charge in [0.25, 0.3) is 5.91 Å². The van der Waals surface area contributed by atoms with Gasteiger partial charge >= 0.3 is 5.97 Å². The summed E-state index contributed by atoms with van der Waals surface area (Å²) in [5.74, 6) is -1.33. The first-order valence-electron chi connectivity index (χ1n) is 13.3. The molecule has 2 aliphatic rings. The van der Waals surface area contributed by atoms with Crippen LogP contribution in [0, 0.1) is 5.82 Å². The molecule has 2 aromatic rings. The van der Waals surface area contributed by atoms with Crippen LogP contribution in [-0.2, 0) is 22.6 Å². The van der Waals surface area contributed by atoms with Crippen LogP contribution in [0.4, 0.5) is 4.39 Å². The molecule has 2 aliphatic heterocycles. The summed E-state index contributed by atoms with van der Waals surface area (Å²) in [5.41, 5.74) is 1.04. The third-order valence-corrected chi connectivity index (χ3v) is 7.34. The molecule has 0 bridgehead atoms. The fourth-order valence-corrected chi connectivity index (χ4v) is 5.15. The van der Waals surface area contributed by atoms with Crippen LogP contribution >= 0.6 is 11.6 Å². The molecule has 1 unspecified atom stereocenters. The minimum atomic E-state index is -0.984. The smallest absolute Gasteiger partial charge is 0.351 e. The number of benzene rings is 2. The van der Waals surface area contributed by atoms with Crippen molar-refractivity contribution in [2.24, 2.45) is 0 Å². The summed E-state index contributed by atoms with van der Waals surface area (Å²) in [5, 5.41) is 3.35. The highest BCUT2D eigenvalue weighted by Gasteiger charge is 2.45. The molecule has 9 heteroatoms. The number of dihydropyridines is 1. The lowest BCUT2D eigenvalue weighted by atomic mass is 10.0. The maximum Gasteiger partial charge on any atom is 0.351 e. The first kappa shape index (κ1) is 28.8. The molecule has 0 saturated carbocycles. The normalized spacial score (nSPS) is 19.6. The molecule has 0 spiro atoms. The lowest BCUT2D eigenvalue weighted by Crippen LogP contribution is -2.66. The lowest BCUT2D eigenvalue weighted by Gasteiger charge is -2.45. The van der Waals surface area contributed by atoms with Crippen molar-refractivity contribution < 1.29 is 18.7 Å². The van der Waals surface area contributed by atoms with E-state index in [1.165, 1.54) is 18.2 Å². The first-order valence-corrected chi connectivity index (χ1v) is 13.7. The van der Waals surface area contributed by atoms with Crippen LogP contribution in [0.5, 0.6) is 0 Å². The van der Waals surface area contributed by atoms with Crippen molar-refractivity contribution in [3.63, 3.8) is 0 Å². The maximum absolute atomic E-state index is 14.3. The number of carbonyl (C=O) groups is 2. The molecule has 39 heavy (non-hydrogen) atoms. The third-order valence-electron chi connectivity index (χ3n) is 7.02. The van der Waals surface area contributed by atoms with Crippen molar-refractivity contribution in [1.29, 1.82) is 0 Å². The molecule has 1 N–H and O–H groups in total. The molecule has 0 radical (unpaired) electrons. The molecule has 2 heterocycles.